The summed E-state index contributed by atoms with van der Waals surface area (Å²) in [4.78, 5) is 4.10. The lowest BCUT2D eigenvalue weighted by Crippen LogP contribution is -1.88. The largest absolute Gasteiger partial charge is 0.427 e. The van der Waals surface area contributed by atoms with E-state index in [9.17, 15) is 4.39 Å². The lowest BCUT2D eigenvalue weighted by molar-refractivity contribution is 0.438. The molecule has 2 aromatic rings. The molecule has 0 spiro atoms. The molecule has 0 unspecified atom stereocenters. The lowest BCUT2D eigenvalue weighted by atomic mass is 10.3. The van der Waals surface area contributed by atoms with Crippen LogP contribution < -0.4 is 4.74 Å². The minimum Gasteiger partial charge on any atom is -0.427 e. The fourth-order valence-corrected chi connectivity index (χ4v) is 2.04. The summed E-state index contributed by atoms with van der Waals surface area (Å²) in [5, 5.41) is 0.355. The van der Waals surface area contributed by atoms with Gasteiger partial charge in [0.2, 0.25) is 0 Å². The third-order valence-electron chi connectivity index (χ3n) is 1.86. The first-order valence-corrected chi connectivity index (χ1v) is 6.21. The monoisotopic (exact) mass is 302 g/mol. The topological polar surface area (TPSA) is 35.0 Å². The Morgan fingerprint density at radius 2 is 2.31 bits per heavy atom. The average Bonchev–Trinajstić information content (AvgIpc) is 2.71. The van der Waals surface area contributed by atoms with Gasteiger partial charge in [-0.15, -0.1) is 0 Å². The van der Waals surface area contributed by atoms with Gasteiger partial charge in [0.25, 0.3) is 5.19 Å². The second-order valence-electron chi connectivity index (χ2n) is 3.01. The molecule has 3 nitrogen and oxygen atoms in total. The first kappa shape index (κ1) is 11.5. The molecule has 0 bridgehead atoms. The summed E-state index contributed by atoms with van der Waals surface area (Å²) in [6, 6.07) is 4.50. The van der Waals surface area contributed by atoms with Crippen LogP contribution in [0.4, 0.5) is 4.39 Å². The minimum absolute atomic E-state index is 0.146. The zero-order valence-electron chi connectivity index (χ0n) is 8.41. The van der Waals surface area contributed by atoms with E-state index < -0.39 is 5.82 Å². The van der Waals surface area contributed by atoms with Crippen molar-refractivity contribution in [3.05, 3.63) is 34.3 Å². The van der Waals surface area contributed by atoms with Crippen LogP contribution in [0.25, 0.3) is 0 Å². The highest BCUT2D eigenvalue weighted by Crippen LogP contribution is 2.28. The van der Waals surface area contributed by atoms with Crippen molar-refractivity contribution in [1.29, 1.82) is 0 Å². The van der Waals surface area contributed by atoms with Crippen LogP contribution in [0.3, 0.4) is 0 Å². The van der Waals surface area contributed by atoms with Crippen LogP contribution in [0.5, 0.6) is 10.9 Å². The van der Waals surface area contributed by atoms with Crippen molar-refractivity contribution in [1.82, 2.24) is 9.36 Å². The second kappa shape index (κ2) is 4.88. The molecule has 1 aromatic carbocycles. The maximum Gasteiger partial charge on any atom is 0.298 e. The van der Waals surface area contributed by atoms with Gasteiger partial charge < -0.3 is 4.74 Å². The Hall–Kier alpha value is -1.01. The number of aryl methyl sites for hydroxylation is 1. The first-order chi connectivity index (χ1) is 7.69. The van der Waals surface area contributed by atoms with Crippen molar-refractivity contribution in [2.75, 3.05) is 0 Å². The quantitative estimate of drug-likeness (QED) is 0.865. The van der Waals surface area contributed by atoms with E-state index in [0.29, 0.717) is 11.0 Å². The highest BCUT2D eigenvalue weighted by molar-refractivity contribution is 9.10. The molecule has 1 aromatic heterocycles. The van der Waals surface area contributed by atoms with E-state index in [4.69, 9.17) is 4.74 Å². The molecule has 0 radical (unpaired) electrons. The molecule has 1 heterocycles. The number of aromatic nitrogens is 2. The van der Waals surface area contributed by atoms with Crippen molar-refractivity contribution in [3.8, 4) is 10.9 Å². The third-order valence-corrected chi connectivity index (χ3v) is 2.98. The number of halogens is 2. The molecule has 0 atom stereocenters. The molecule has 0 fully saturated rings. The predicted molar refractivity (Wildman–Crippen MR) is 63.5 cm³/mol. The Balaban J connectivity index is 2.22. The second-order valence-corrected chi connectivity index (χ2v) is 4.64. The normalized spacial score (nSPS) is 10.4. The summed E-state index contributed by atoms with van der Waals surface area (Å²) in [5.41, 5.74) is 0. The van der Waals surface area contributed by atoms with Gasteiger partial charge in [-0.3, -0.25) is 0 Å². The average molecular weight is 303 g/mol. The van der Waals surface area contributed by atoms with E-state index in [1.54, 1.807) is 12.1 Å². The first-order valence-electron chi connectivity index (χ1n) is 4.64. The molecule has 0 aliphatic carbocycles. The van der Waals surface area contributed by atoms with Gasteiger partial charge >= 0.3 is 0 Å². The van der Waals surface area contributed by atoms with Gasteiger partial charge in [-0.25, -0.2) is 4.39 Å². The molecule has 2 rings (SSSR count). The number of hydrogen-bond donors (Lipinski definition) is 0. The summed E-state index contributed by atoms with van der Waals surface area (Å²) >= 11 is 4.37. The fraction of sp³-hybridized carbons (Fsp3) is 0.200. The molecular weight excluding hydrogens is 295 g/mol. The van der Waals surface area contributed by atoms with Crippen molar-refractivity contribution in [2.24, 2.45) is 0 Å². The predicted octanol–water partition coefficient (Wildman–Crippen LogP) is 3.79. The summed E-state index contributed by atoms with van der Waals surface area (Å²) in [7, 11) is 0. The standard InChI is InChI=1S/C10H8BrFN2OS/c1-2-9-13-10(16-14-9)15-8-5-6(11)3-4-7(8)12/h3-5H,2H2,1H3. The summed E-state index contributed by atoms with van der Waals surface area (Å²) in [5.74, 6) is 0.431. The van der Waals surface area contributed by atoms with E-state index in [2.05, 4.69) is 25.3 Å². The van der Waals surface area contributed by atoms with Gasteiger partial charge in [-0.2, -0.15) is 9.36 Å². The lowest BCUT2D eigenvalue weighted by Gasteiger charge is -2.02. The maximum absolute atomic E-state index is 13.4. The van der Waals surface area contributed by atoms with Crippen LogP contribution in [-0.4, -0.2) is 9.36 Å². The van der Waals surface area contributed by atoms with E-state index in [0.717, 1.165) is 22.4 Å². The van der Waals surface area contributed by atoms with Gasteiger partial charge in [0.15, 0.2) is 11.6 Å². The summed E-state index contributed by atoms with van der Waals surface area (Å²) in [6.45, 7) is 1.95. The van der Waals surface area contributed by atoms with Crippen LogP contribution in [-0.2, 0) is 6.42 Å². The molecule has 0 amide bonds. The molecule has 0 aliphatic rings. The van der Waals surface area contributed by atoms with Gasteiger partial charge in [0.1, 0.15) is 5.82 Å². The molecule has 0 N–H and O–H groups in total. The van der Waals surface area contributed by atoms with Gasteiger partial charge in [0, 0.05) is 22.4 Å². The van der Waals surface area contributed by atoms with Gasteiger partial charge in [0.05, 0.1) is 0 Å². The van der Waals surface area contributed by atoms with Crippen LogP contribution in [0, 0.1) is 5.82 Å². The Bertz CT molecular complexity index is 503. The Kier molecular flexibility index (Phi) is 3.50. The van der Waals surface area contributed by atoms with E-state index in [1.807, 2.05) is 6.92 Å². The van der Waals surface area contributed by atoms with Crippen molar-refractivity contribution in [3.63, 3.8) is 0 Å². The number of rotatable bonds is 3. The Morgan fingerprint density at radius 3 is 3.00 bits per heavy atom. The molecule has 84 valence electrons. The van der Waals surface area contributed by atoms with Crippen LogP contribution in [0.2, 0.25) is 0 Å². The molecule has 6 heteroatoms. The number of benzene rings is 1. The molecule has 0 saturated heterocycles. The Morgan fingerprint density at radius 1 is 1.50 bits per heavy atom. The molecule has 0 aliphatic heterocycles. The zero-order chi connectivity index (χ0) is 11.5. The van der Waals surface area contributed by atoms with Gasteiger partial charge in [-0.1, -0.05) is 22.9 Å². The number of ether oxygens (including phenoxy) is 1. The van der Waals surface area contributed by atoms with Crippen molar-refractivity contribution < 1.29 is 9.13 Å². The minimum atomic E-state index is -0.420. The van der Waals surface area contributed by atoms with Crippen molar-refractivity contribution >= 4 is 27.5 Å². The third kappa shape index (κ3) is 2.56. The molecule has 16 heavy (non-hydrogen) atoms. The maximum atomic E-state index is 13.4. The van der Waals surface area contributed by atoms with E-state index >= 15 is 0 Å². The smallest absolute Gasteiger partial charge is 0.298 e. The highest BCUT2D eigenvalue weighted by Gasteiger charge is 2.09. The van der Waals surface area contributed by atoms with E-state index in [1.165, 1.54) is 6.07 Å². The van der Waals surface area contributed by atoms with Gasteiger partial charge in [-0.05, 0) is 18.2 Å². The van der Waals surface area contributed by atoms with Crippen LogP contribution >= 0.6 is 27.5 Å². The fourth-order valence-electron chi connectivity index (χ4n) is 1.07. The zero-order valence-corrected chi connectivity index (χ0v) is 10.8. The highest BCUT2D eigenvalue weighted by atomic mass is 79.9. The van der Waals surface area contributed by atoms with Crippen molar-refractivity contribution in [2.45, 2.75) is 13.3 Å². The number of nitrogens with zero attached hydrogens (tertiary/aromatic N) is 2. The summed E-state index contributed by atoms with van der Waals surface area (Å²) < 4.78 is 23.5. The van der Waals surface area contributed by atoms with Crippen LogP contribution in [0.1, 0.15) is 12.7 Å². The molecular formula is C10H8BrFN2OS. The summed E-state index contributed by atoms with van der Waals surface area (Å²) in [6.07, 6.45) is 0.737. The van der Waals surface area contributed by atoms with Crippen LogP contribution in [0.15, 0.2) is 22.7 Å². The van der Waals surface area contributed by atoms with E-state index in [-0.39, 0.29) is 5.75 Å². The number of hydrogen-bond acceptors (Lipinski definition) is 4. The molecule has 0 saturated carbocycles. The SMILES string of the molecule is CCc1nsc(Oc2cc(Br)ccc2F)n1. The Labute approximate surface area is 105 Å².